The van der Waals surface area contributed by atoms with Crippen molar-refractivity contribution in [2.24, 2.45) is 0 Å². The molecule has 48 heavy (non-hydrogen) atoms. The summed E-state index contributed by atoms with van der Waals surface area (Å²) in [4.78, 5) is 46.6. The molecule has 0 bridgehead atoms. The van der Waals surface area contributed by atoms with Crippen LogP contribution in [0.3, 0.4) is 0 Å². The number of rotatable bonds is 19. The van der Waals surface area contributed by atoms with Gasteiger partial charge >= 0.3 is 59.4 Å². The van der Waals surface area contributed by atoms with E-state index >= 15 is 0 Å². The summed E-state index contributed by atoms with van der Waals surface area (Å²) in [7, 11) is 0. The molecule has 0 aromatic heterocycles. The Bertz CT molecular complexity index is 1210. The predicted molar refractivity (Wildman–Crippen MR) is 140 cm³/mol. The highest BCUT2D eigenvalue weighted by Crippen LogP contribution is 2.61. The fourth-order valence-electron chi connectivity index (χ4n) is 3.04. The van der Waals surface area contributed by atoms with Gasteiger partial charge in [0.15, 0.2) is 0 Å². The molecule has 0 heterocycles. The third kappa shape index (κ3) is 9.77. The second-order valence-electron chi connectivity index (χ2n) is 10.5. The minimum absolute atomic E-state index is 0.447. The molecule has 0 saturated carbocycles. The largest absolute Gasteiger partial charge is 0.458 e. The van der Waals surface area contributed by atoms with E-state index in [1.165, 1.54) is 0 Å². The molecule has 0 aromatic rings. The van der Waals surface area contributed by atoms with Gasteiger partial charge in [0.1, 0.15) is 25.4 Å². The first-order valence-corrected chi connectivity index (χ1v) is 13.0. The van der Waals surface area contributed by atoms with Gasteiger partial charge in [0.2, 0.25) is 0 Å². The summed E-state index contributed by atoms with van der Waals surface area (Å²) in [5.41, 5.74) is -2.14. The van der Waals surface area contributed by atoms with Gasteiger partial charge in [-0.25, -0.2) is 19.2 Å². The van der Waals surface area contributed by atoms with E-state index in [-0.39, 0.29) is 0 Å². The van der Waals surface area contributed by atoms with Crippen LogP contribution in [0.2, 0.25) is 0 Å². The second-order valence-corrected chi connectivity index (χ2v) is 10.5. The van der Waals surface area contributed by atoms with Gasteiger partial charge in [-0.15, -0.1) is 0 Å². The van der Waals surface area contributed by atoms with Crippen molar-refractivity contribution in [3.63, 3.8) is 0 Å². The third-order valence-corrected chi connectivity index (χ3v) is 5.81. The molecule has 0 amide bonds. The number of hydrogen-bond acceptors (Lipinski definition) is 8. The zero-order valence-electron chi connectivity index (χ0n) is 25.6. The van der Waals surface area contributed by atoms with Crippen molar-refractivity contribution in [1.82, 2.24) is 0 Å². The van der Waals surface area contributed by atoms with Gasteiger partial charge in [0, 0.05) is 22.3 Å². The molecule has 0 radical (unpaired) electrons. The second kappa shape index (κ2) is 15.5. The summed E-state index contributed by atoms with van der Waals surface area (Å²) in [6, 6.07) is 0. The highest BCUT2D eigenvalue weighted by Gasteiger charge is 2.90. The van der Waals surface area contributed by atoms with E-state index in [2.05, 4.69) is 45.3 Å². The van der Waals surface area contributed by atoms with Gasteiger partial charge in [-0.05, 0) is 27.7 Å². The number of ether oxygens (including phenoxy) is 4. The van der Waals surface area contributed by atoms with E-state index in [0.717, 1.165) is 27.7 Å². The molecule has 0 N–H and O–H groups in total. The Morgan fingerprint density at radius 2 is 0.688 bits per heavy atom. The Morgan fingerprint density at radius 3 is 0.896 bits per heavy atom. The maximum absolute atomic E-state index is 14.7. The van der Waals surface area contributed by atoms with Crippen LogP contribution in [0.5, 0.6) is 0 Å². The summed E-state index contributed by atoms with van der Waals surface area (Å²) >= 11 is 0. The highest BCUT2D eigenvalue weighted by atomic mass is 19.4. The first-order chi connectivity index (χ1) is 21.3. The van der Waals surface area contributed by atoms with E-state index in [1.54, 1.807) is 0 Å². The fraction of sp³-hybridized carbons (Fsp3) is 0.571. The predicted octanol–water partition coefficient (Wildman–Crippen LogP) is 6.79. The van der Waals surface area contributed by atoms with Gasteiger partial charge in [-0.3, -0.25) is 0 Å². The van der Waals surface area contributed by atoms with Crippen molar-refractivity contribution in [3.8, 4) is 0 Å². The molecule has 2 unspecified atom stereocenters. The summed E-state index contributed by atoms with van der Waals surface area (Å²) < 4.78 is 193. The van der Waals surface area contributed by atoms with Gasteiger partial charge in [0.05, 0.1) is 12.8 Å². The molecule has 0 saturated heterocycles. The molecule has 274 valence electrons. The summed E-state index contributed by atoms with van der Waals surface area (Å²) in [6.45, 7) is 12.6. The molecule has 0 rings (SSSR count). The summed E-state index contributed by atoms with van der Waals surface area (Å²) in [5.74, 6) is -50.7. The minimum atomic E-state index is -8.02. The zero-order valence-corrected chi connectivity index (χ0v) is 25.6. The van der Waals surface area contributed by atoms with Crippen molar-refractivity contribution in [1.29, 1.82) is 0 Å². The normalized spacial score (nSPS) is 14.2. The molecule has 0 aromatic carbocycles. The average Bonchev–Trinajstić information content (AvgIpc) is 2.92. The van der Waals surface area contributed by atoms with Crippen LogP contribution in [-0.4, -0.2) is 84.8 Å². The Kier molecular flexibility index (Phi) is 14.2. The van der Waals surface area contributed by atoms with Crippen LogP contribution in [0.1, 0.15) is 40.5 Å². The molecular weight excluding hydrogens is 692 g/mol. The van der Waals surface area contributed by atoms with E-state index in [4.69, 9.17) is 0 Å². The maximum Gasteiger partial charge on any atom is 0.384 e. The number of hydrogen-bond donors (Lipinski definition) is 0. The average molecular weight is 723 g/mol. The summed E-state index contributed by atoms with van der Waals surface area (Å²) in [5, 5.41) is 0. The quantitative estimate of drug-likeness (QED) is 0.0622. The molecule has 0 aliphatic carbocycles. The number of carbonyl (C=O) groups is 4. The first kappa shape index (κ1) is 44.0. The molecule has 0 spiro atoms. The topological polar surface area (TPSA) is 105 Å². The zero-order chi connectivity index (χ0) is 38.4. The first-order valence-electron chi connectivity index (χ1n) is 13.0. The lowest BCUT2D eigenvalue weighted by Crippen LogP contribution is -2.71. The van der Waals surface area contributed by atoms with Crippen LogP contribution in [0.25, 0.3) is 0 Å². The van der Waals surface area contributed by atoms with Gasteiger partial charge in [-0.2, -0.15) is 52.7 Å². The van der Waals surface area contributed by atoms with Crippen molar-refractivity contribution >= 4 is 23.9 Å². The van der Waals surface area contributed by atoms with Crippen LogP contribution in [-0.2, 0) is 38.1 Å². The highest BCUT2D eigenvalue weighted by molar-refractivity contribution is 5.88. The lowest BCUT2D eigenvalue weighted by Gasteiger charge is -2.42. The van der Waals surface area contributed by atoms with E-state index in [1.807, 2.05) is 0 Å². The van der Waals surface area contributed by atoms with Gasteiger partial charge in [0.25, 0.3) is 0 Å². The Morgan fingerprint density at radius 1 is 0.458 bits per heavy atom. The van der Waals surface area contributed by atoms with Crippen molar-refractivity contribution in [2.45, 2.75) is 88.3 Å². The van der Waals surface area contributed by atoms with Crippen LogP contribution in [0, 0.1) is 0 Å². The van der Waals surface area contributed by atoms with Crippen LogP contribution in [0.15, 0.2) is 48.6 Å². The SMILES string of the molecule is C=C(C)C(=O)OCC(CC(F)(F)C(F)(F)C(F)(F)C(F)(F)C(F)(F)C(F)(F)CC(COC(=O)C(=C)C)OC(=O)C(=C)C)OC(=O)C(=C)C. The molecule has 20 heteroatoms. The Labute approximate surface area is 265 Å². The van der Waals surface area contributed by atoms with Gasteiger partial charge in [-0.1, -0.05) is 26.3 Å². The lowest BCUT2D eigenvalue weighted by molar-refractivity contribution is -0.427. The number of alkyl halides is 12. The number of halogens is 12. The van der Waals surface area contributed by atoms with Crippen LogP contribution in [0.4, 0.5) is 52.7 Å². The van der Waals surface area contributed by atoms with Crippen LogP contribution < -0.4 is 0 Å². The molecule has 0 aliphatic rings. The standard InChI is InChI=1S/C28H30F12O8/c1-13(2)19(41)45-11-17(47-21(43)15(5)6)9-23(29,30)25(33,34)27(37,38)28(39,40)26(35,36)24(31,32)10-18(48-22(44)16(7)8)12-46-20(42)14(3)4/h17-18H,1,3,5,7,9-12H2,2,4,6,8H3. The monoisotopic (exact) mass is 722 g/mol. The van der Waals surface area contributed by atoms with Gasteiger partial charge < -0.3 is 18.9 Å². The summed E-state index contributed by atoms with van der Waals surface area (Å²) in [6.07, 6.45) is -11.5. The van der Waals surface area contributed by atoms with Crippen molar-refractivity contribution < 1.29 is 90.8 Å². The van der Waals surface area contributed by atoms with Crippen LogP contribution >= 0.6 is 0 Å². The number of esters is 4. The number of carbonyl (C=O) groups excluding carboxylic acids is 4. The molecule has 0 fully saturated rings. The fourth-order valence-corrected chi connectivity index (χ4v) is 3.04. The smallest absolute Gasteiger partial charge is 0.384 e. The molecule has 0 aliphatic heterocycles. The maximum atomic E-state index is 14.7. The van der Waals surface area contributed by atoms with E-state index < -0.39 is 120 Å². The van der Waals surface area contributed by atoms with Crippen molar-refractivity contribution in [3.05, 3.63) is 48.6 Å². The van der Waals surface area contributed by atoms with E-state index in [0.29, 0.717) is 0 Å². The van der Waals surface area contributed by atoms with Crippen molar-refractivity contribution in [2.75, 3.05) is 13.2 Å². The Hall–Kier alpha value is -4.00. The third-order valence-electron chi connectivity index (χ3n) is 5.81. The Balaban J connectivity index is 6.67. The minimum Gasteiger partial charge on any atom is -0.458 e. The molecule has 2 atom stereocenters. The van der Waals surface area contributed by atoms with E-state index in [9.17, 15) is 71.9 Å². The molecular formula is C28H30F12O8. The molecule has 8 nitrogen and oxygen atoms in total. The lowest BCUT2D eigenvalue weighted by atomic mass is 9.88.